The summed E-state index contributed by atoms with van der Waals surface area (Å²) in [5.74, 6) is 1.65. The van der Waals surface area contributed by atoms with Crippen LogP contribution in [0.1, 0.15) is 29.6 Å². The van der Waals surface area contributed by atoms with Crippen LogP contribution in [0, 0.1) is 0 Å². The number of methoxy groups -OCH3 is 1. The second-order valence-electron chi connectivity index (χ2n) is 5.80. The molecule has 24 heavy (non-hydrogen) atoms. The van der Waals surface area contributed by atoms with E-state index in [1.54, 1.807) is 13.4 Å². The molecule has 1 aliphatic rings. The molecule has 0 unspecified atom stereocenters. The van der Waals surface area contributed by atoms with E-state index in [2.05, 4.69) is 61.7 Å². The van der Waals surface area contributed by atoms with Crippen molar-refractivity contribution in [2.24, 2.45) is 0 Å². The van der Waals surface area contributed by atoms with E-state index in [0.717, 1.165) is 22.6 Å². The van der Waals surface area contributed by atoms with Crippen molar-refractivity contribution in [1.82, 2.24) is 14.8 Å². The lowest BCUT2D eigenvalue weighted by Crippen LogP contribution is -2.28. The van der Waals surface area contributed by atoms with Crippen molar-refractivity contribution in [1.29, 1.82) is 0 Å². The normalized spacial score (nSPS) is 19.4. The summed E-state index contributed by atoms with van der Waals surface area (Å²) in [6.07, 6.45) is 2.50. The van der Waals surface area contributed by atoms with E-state index in [4.69, 9.17) is 4.74 Å². The highest BCUT2D eigenvalue weighted by Gasteiger charge is 2.29. The predicted octanol–water partition coefficient (Wildman–Crippen LogP) is 4.20. The molecule has 2 atom stereocenters. The first-order valence-electron chi connectivity index (χ1n) is 7.80. The van der Waals surface area contributed by atoms with E-state index < -0.39 is 0 Å². The van der Waals surface area contributed by atoms with E-state index in [1.165, 1.54) is 11.1 Å². The molecule has 0 spiro atoms. The summed E-state index contributed by atoms with van der Waals surface area (Å²) in [5, 5.41) is 7.89. The van der Waals surface area contributed by atoms with Gasteiger partial charge in [0.1, 0.15) is 12.1 Å². The third-order valence-corrected chi connectivity index (χ3v) is 4.88. The molecule has 0 bridgehead atoms. The zero-order chi connectivity index (χ0) is 16.5. The van der Waals surface area contributed by atoms with Crippen molar-refractivity contribution in [3.05, 3.63) is 70.5 Å². The Hall–Kier alpha value is -2.34. The molecular weight excluding hydrogens is 368 g/mol. The molecule has 122 valence electrons. The van der Waals surface area contributed by atoms with Gasteiger partial charge in [0.05, 0.1) is 19.2 Å². The molecule has 1 aromatic heterocycles. The van der Waals surface area contributed by atoms with Crippen LogP contribution in [0.3, 0.4) is 0 Å². The lowest BCUT2D eigenvalue weighted by molar-refractivity contribution is 0.411. The Balaban J connectivity index is 1.70. The third kappa shape index (κ3) is 2.78. The van der Waals surface area contributed by atoms with Crippen LogP contribution in [0.5, 0.6) is 5.75 Å². The topological polar surface area (TPSA) is 52.0 Å². The molecule has 3 aromatic rings. The van der Waals surface area contributed by atoms with Crippen molar-refractivity contribution in [2.75, 3.05) is 12.4 Å². The summed E-state index contributed by atoms with van der Waals surface area (Å²) in [5.41, 5.74) is 2.43. The highest BCUT2D eigenvalue weighted by molar-refractivity contribution is 9.10. The number of fused-ring (bicyclic) bond motifs is 1. The fraction of sp³-hybridized carbons (Fsp3) is 0.222. The summed E-state index contributed by atoms with van der Waals surface area (Å²) < 4.78 is 8.30. The molecule has 0 aliphatic carbocycles. The van der Waals surface area contributed by atoms with Gasteiger partial charge in [-0.05, 0) is 41.8 Å². The molecule has 2 heterocycles. The zero-order valence-corrected chi connectivity index (χ0v) is 14.8. The average molecular weight is 385 g/mol. The maximum absolute atomic E-state index is 5.26. The lowest BCUT2D eigenvalue weighted by Gasteiger charge is -2.32. The van der Waals surface area contributed by atoms with Crippen LogP contribution in [0.2, 0.25) is 0 Å². The number of nitrogens with one attached hydrogen (secondary N) is 1. The smallest absolute Gasteiger partial charge is 0.222 e. The van der Waals surface area contributed by atoms with Crippen LogP contribution >= 0.6 is 15.9 Å². The molecule has 0 amide bonds. The Bertz CT molecular complexity index is 846. The zero-order valence-electron chi connectivity index (χ0n) is 13.2. The number of benzene rings is 2. The van der Waals surface area contributed by atoms with Crippen molar-refractivity contribution in [2.45, 2.75) is 18.5 Å². The molecule has 5 nitrogen and oxygen atoms in total. The third-order valence-electron chi connectivity index (χ3n) is 4.38. The van der Waals surface area contributed by atoms with E-state index >= 15 is 0 Å². The van der Waals surface area contributed by atoms with Crippen LogP contribution < -0.4 is 10.1 Å². The van der Waals surface area contributed by atoms with E-state index in [9.17, 15) is 0 Å². The maximum Gasteiger partial charge on any atom is 0.222 e. The van der Waals surface area contributed by atoms with Crippen LogP contribution in [0.25, 0.3) is 0 Å². The number of anilines is 1. The number of hydrogen-bond acceptors (Lipinski definition) is 4. The molecule has 0 fully saturated rings. The number of rotatable bonds is 3. The van der Waals surface area contributed by atoms with Gasteiger partial charge < -0.3 is 10.1 Å². The molecule has 6 heteroatoms. The van der Waals surface area contributed by atoms with Crippen molar-refractivity contribution >= 4 is 21.9 Å². The summed E-state index contributed by atoms with van der Waals surface area (Å²) in [6, 6.07) is 16.9. The molecular formula is C18H17BrN4O. The Morgan fingerprint density at radius 3 is 2.75 bits per heavy atom. The van der Waals surface area contributed by atoms with E-state index in [1.807, 2.05) is 22.9 Å². The van der Waals surface area contributed by atoms with Gasteiger partial charge in [-0.1, -0.05) is 40.2 Å². The average Bonchev–Trinajstić information content (AvgIpc) is 3.09. The van der Waals surface area contributed by atoms with Crippen LogP contribution in [0.15, 0.2) is 59.3 Å². The Morgan fingerprint density at radius 1 is 1.17 bits per heavy atom. The van der Waals surface area contributed by atoms with Crippen molar-refractivity contribution in [3.63, 3.8) is 0 Å². The molecule has 2 aromatic carbocycles. The summed E-state index contributed by atoms with van der Waals surface area (Å²) in [4.78, 5) is 4.37. The molecule has 0 saturated carbocycles. The highest BCUT2D eigenvalue weighted by atomic mass is 79.9. The quantitative estimate of drug-likeness (QED) is 0.735. The standard InChI is InChI=1S/C18H17BrN4O/c1-24-15-7-5-12(6-8-15)17-10-16(13-3-2-4-14(19)9-13)22-18-20-11-21-23(17)18/h2-9,11,16-17H,10H2,1H3,(H,20,21,22)/t16-,17+/m0/s1. The predicted molar refractivity (Wildman–Crippen MR) is 96.3 cm³/mol. The fourth-order valence-electron chi connectivity index (χ4n) is 3.17. The number of hydrogen-bond donors (Lipinski definition) is 1. The van der Waals surface area contributed by atoms with E-state index in [0.29, 0.717) is 0 Å². The van der Waals surface area contributed by atoms with Crippen LogP contribution in [-0.4, -0.2) is 21.9 Å². The number of ether oxygens (including phenoxy) is 1. The van der Waals surface area contributed by atoms with Gasteiger partial charge in [0.25, 0.3) is 0 Å². The van der Waals surface area contributed by atoms with Gasteiger partial charge in [-0.15, -0.1) is 0 Å². The first-order valence-corrected chi connectivity index (χ1v) is 8.59. The second kappa shape index (κ2) is 6.28. The summed E-state index contributed by atoms with van der Waals surface area (Å²) in [6.45, 7) is 0. The number of nitrogens with zero attached hydrogens (tertiary/aromatic N) is 3. The first-order chi connectivity index (χ1) is 11.7. The van der Waals surface area contributed by atoms with Gasteiger partial charge in [-0.3, -0.25) is 0 Å². The van der Waals surface area contributed by atoms with Crippen molar-refractivity contribution in [3.8, 4) is 5.75 Å². The minimum Gasteiger partial charge on any atom is -0.497 e. The van der Waals surface area contributed by atoms with Crippen LogP contribution in [0.4, 0.5) is 5.95 Å². The highest BCUT2D eigenvalue weighted by Crippen LogP contribution is 2.38. The van der Waals surface area contributed by atoms with Gasteiger partial charge in [-0.25, -0.2) is 4.68 Å². The second-order valence-corrected chi connectivity index (χ2v) is 6.72. The van der Waals surface area contributed by atoms with Gasteiger partial charge in [0, 0.05) is 4.47 Å². The van der Waals surface area contributed by atoms with Gasteiger partial charge in [0.15, 0.2) is 0 Å². The van der Waals surface area contributed by atoms with E-state index in [-0.39, 0.29) is 12.1 Å². The Labute approximate surface area is 148 Å². The molecule has 0 saturated heterocycles. The lowest BCUT2D eigenvalue weighted by atomic mass is 9.93. The molecule has 0 radical (unpaired) electrons. The Kier molecular flexibility index (Phi) is 3.98. The fourth-order valence-corrected chi connectivity index (χ4v) is 3.58. The van der Waals surface area contributed by atoms with Crippen LogP contribution in [-0.2, 0) is 0 Å². The number of halogens is 1. The van der Waals surface area contributed by atoms with Gasteiger partial charge >= 0.3 is 0 Å². The molecule has 1 aliphatic heterocycles. The largest absolute Gasteiger partial charge is 0.497 e. The summed E-state index contributed by atoms with van der Waals surface area (Å²) in [7, 11) is 1.68. The van der Waals surface area contributed by atoms with Crippen molar-refractivity contribution < 1.29 is 4.74 Å². The molecule has 4 rings (SSSR count). The Morgan fingerprint density at radius 2 is 2.00 bits per heavy atom. The molecule has 1 N–H and O–H groups in total. The van der Waals surface area contributed by atoms with Gasteiger partial charge in [-0.2, -0.15) is 10.1 Å². The monoisotopic (exact) mass is 384 g/mol. The number of aromatic nitrogens is 3. The van der Waals surface area contributed by atoms with Gasteiger partial charge in [0.2, 0.25) is 5.95 Å². The SMILES string of the molecule is COc1ccc([C@H]2C[C@@H](c3cccc(Br)c3)Nc3ncnn32)cc1. The minimum atomic E-state index is 0.138. The summed E-state index contributed by atoms with van der Waals surface area (Å²) >= 11 is 3.55. The minimum absolute atomic E-state index is 0.138. The first kappa shape index (κ1) is 15.2. The maximum atomic E-state index is 5.26.